The van der Waals surface area contributed by atoms with E-state index < -0.39 is 0 Å². The van der Waals surface area contributed by atoms with Crippen LogP contribution in [0.1, 0.15) is 71.1 Å². The van der Waals surface area contributed by atoms with Crippen molar-refractivity contribution in [1.29, 1.82) is 0 Å². The molecule has 0 atom stereocenters. The number of rotatable bonds is 54. The highest BCUT2D eigenvalue weighted by Gasteiger charge is 2.06. The summed E-state index contributed by atoms with van der Waals surface area (Å²) in [7, 11) is 0. The average molecular weight is 846 g/mol. The molecular formula is C42H87NO15. The third-order valence-electron chi connectivity index (χ3n) is 8.49. The van der Waals surface area contributed by atoms with Crippen molar-refractivity contribution in [3.8, 4) is 0 Å². The van der Waals surface area contributed by atoms with E-state index in [0.717, 1.165) is 19.6 Å². The van der Waals surface area contributed by atoms with E-state index in [1.807, 2.05) is 0 Å². The molecule has 58 heavy (non-hydrogen) atoms. The standard InChI is InChI=1S/C42H87NO15/c1-2-3-4-5-6-7-8-9-10-11-12-43(13-17-46-21-25-50-29-33-54-37-39-56-35-31-52-27-23-48-19-15-44)14-18-47-22-26-51-30-34-55-38-41-58-42-40-57-36-32-53-28-24-49-20-16-45/h44-45H,2-42H2,1H3. The Kier molecular flexibility index (Phi) is 53.8. The van der Waals surface area contributed by atoms with Gasteiger partial charge >= 0.3 is 0 Å². The first-order chi connectivity index (χ1) is 28.8. The lowest BCUT2D eigenvalue weighted by Crippen LogP contribution is -2.32. The molecule has 0 radical (unpaired) electrons. The van der Waals surface area contributed by atoms with E-state index in [2.05, 4.69) is 11.8 Å². The van der Waals surface area contributed by atoms with Crippen molar-refractivity contribution in [2.75, 3.05) is 205 Å². The number of nitrogens with zero attached hydrogens (tertiary/aromatic N) is 1. The summed E-state index contributed by atoms with van der Waals surface area (Å²) < 4.78 is 71.6. The van der Waals surface area contributed by atoms with Crippen LogP contribution in [0, 0.1) is 0 Å². The van der Waals surface area contributed by atoms with E-state index in [4.69, 9.17) is 71.8 Å². The predicted molar refractivity (Wildman–Crippen MR) is 223 cm³/mol. The molecule has 0 aromatic carbocycles. The van der Waals surface area contributed by atoms with Gasteiger partial charge in [0.15, 0.2) is 0 Å². The van der Waals surface area contributed by atoms with Gasteiger partial charge in [0.25, 0.3) is 0 Å². The molecule has 0 aliphatic heterocycles. The molecule has 0 aliphatic rings. The maximum atomic E-state index is 8.65. The van der Waals surface area contributed by atoms with E-state index in [1.54, 1.807) is 0 Å². The second-order valence-corrected chi connectivity index (χ2v) is 13.4. The van der Waals surface area contributed by atoms with E-state index in [1.165, 1.54) is 64.2 Å². The van der Waals surface area contributed by atoms with Crippen molar-refractivity contribution >= 4 is 0 Å². The molecule has 0 amide bonds. The molecule has 2 N–H and O–H groups in total. The fourth-order valence-electron chi connectivity index (χ4n) is 5.30. The van der Waals surface area contributed by atoms with Crippen molar-refractivity contribution in [1.82, 2.24) is 4.90 Å². The Balaban J connectivity index is 3.82. The molecule has 0 unspecified atom stereocenters. The van der Waals surface area contributed by atoms with E-state index in [0.29, 0.717) is 172 Å². The first-order valence-electron chi connectivity index (χ1n) is 22.3. The van der Waals surface area contributed by atoms with Crippen LogP contribution in [-0.4, -0.2) is 220 Å². The van der Waals surface area contributed by atoms with E-state index >= 15 is 0 Å². The summed E-state index contributed by atoms with van der Waals surface area (Å²) in [6, 6.07) is 0. The minimum absolute atomic E-state index is 0.0248. The van der Waals surface area contributed by atoms with E-state index in [-0.39, 0.29) is 13.2 Å². The molecule has 0 saturated carbocycles. The van der Waals surface area contributed by atoms with Gasteiger partial charge in [0.1, 0.15) is 0 Å². The SMILES string of the molecule is CCCCCCCCCCCCN(CCOCCOCCOCCOCCOCCOCCO)CCOCCOCCOCCOCCOCCOCCOCCO. The van der Waals surface area contributed by atoms with Gasteiger partial charge < -0.3 is 71.8 Å². The molecular weight excluding hydrogens is 758 g/mol. The van der Waals surface area contributed by atoms with Crippen LogP contribution in [0.25, 0.3) is 0 Å². The molecule has 0 aliphatic carbocycles. The summed E-state index contributed by atoms with van der Waals surface area (Å²) in [5, 5.41) is 17.3. The molecule has 0 aromatic rings. The minimum Gasteiger partial charge on any atom is -0.394 e. The second kappa shape index (κ2) is 54.4. The summed E-state index contributed by atoms with van der Waals surface area (Å²) in [6.07, 6.45) is 13.3. The summed E-state index contributed by atoms with van der Waals surface area (Å²) in [4.78, 5) is 2.44. The van der Waals surface area contributed by atoms with Crippen LogP contribution in [0.3, 0.4) is 0 Å². The third-order valence-corrected chi connectivity index (χ3v) is 8.49. The number of hydrogen-bond donors (Lipinski definition) is 2. The normalized spacial score (nSPS) is 11.8. The molecule has 0 saturated heterocycles. The van der Waals surface area contributed by atoms with Gasteiger partial charge in [0.2, 0.25) is 0 Å². The fourth-order valence-corrected chi connectivity index (χ4v) is 5.30. The molecule has 0 bridgehead atoms. The Labute approximate surface area is 352 Å². The summed E-state index contributed by atoms with van der Waals surface area (Å²) in [5.74, 6) is 0. The topological polar surface area (TPSA) is 164 Å². The molecule has 16 nitrogen and oxygen atoms in total. The van der Waals surface area contributed by atoms with Crippen LogP contribution in [0.2, 0.25) is 0 Å². The highest BCUT2D eigenvalue weighted by atomic mass is 16.6. The zero-order chi connectivity index (χ0) is 41.8. The lowest BCUT2D eigenvalue weighted by molar-refractivity contribution is -0.0226. The average Bonchev–Trinajstić information content (AvgIpc) is 3.23. The second-order valence-electron chi connectivity index (χ2n) is 13.4. The largest absolute Gasteiger partial charge is 0.394 e. The molecule has 0 fully saturated rings. The quantitative estimate of drug-likeness (QED) is 0.0856. The van der Waals surface area contributed by atoms with Gasteiger partial charge in [-0.05, 0) is 13.0 Å². The Hall–Kier alpha value is -0.640. The number of aliphatic hydroxyl groups excluding tert-OH is 2. The van der Waals surface area contributed by atoms with Gasteiger partial charge in [-0.25, -0.2) is 0 Å². The van der Waals surface area contributed by atoms with Crippen LogP contribution in [0.4, 0.5) is 0 Å². The lowest BCUT2D eigenvalue weighted by atomic mass is 10.1. The third kappa shape index (κ3) is 51.5. The molecule has 16 heteroatoms. The van der Waals surface area contributed by atoms with Crippen molar-refractivity contribution in [2.24, 2.45) is 0 Å². The van der Waals surface area contributed by atoms with Gasteiger partial charge in [-0.2, -0.15) is 0 Å². The van der Waals surface area contributed by atoms with Crippen LogP contribution in [0.5, 0.6) is 0 Å². The fraction of sp³-hybridized carbons (Fsp3) is 1.00. The molecule has 0 rings (SSSR count). The number of aliphatic hydroxyl groups is 2. The van der Waals surface area contributed by atoms with Gasteiger partial charge in [0.05, 0.1) is 185 Å². The smallest absolute Gasteiger partial charge is 0.0701 e. The molecule has 0 heterocycles. The van der Waals surface area contributed by atoms with Crippen LogP contribution >= 0.6 is 0 Å². The van der Waals surface area contributed by atoms with Crippen molar-refractivity contribution in [3.63, 3.8) is 0 Å². The Bertz CT molecular complexity index is 720. The maximum absolute atomic E-state index is 8.65. The van der Waals surface area contributed by atoms with Gasteiger partial charge in [0, 0.05) is 13.1 Å². The zero-order valence-corrected chi connectivity index (χ0v) is 36.6. The number of hydrogen-bond acceptors (Lipinski definition) is 16. The predicted octanol–water partition coefficient (Wildman–Crippen LogP) is 3.41. The Morgan fingerprint density at radius 2 is 0.448 bits per heavy atom. The van der Waals surface area contributed by atoms with E-state index in [9.17, 15) is 0 Å². The summed E-state index contributed by atoms with van der Waals surface area (Å²) in [5.41, 5.74) is 0. The summed E-state index contributed by atoms with van der Waals surface area (Å²) >= 11 is 0. The summed E-state index contributed by atoms with van der Waals surface area (Å²) in [6.45, 7) is 18.4. The number of unbranched alkanes of at least 4 members (excludes halogenated alkanes) is 9. The number of ether oxygens (including phenoxy) is 13. The molecule has 0 aromatic heterocycles. The van der Waals surface area contributed by atoms with Crippen molar-refractivity contribution < 1.29 is 71.8 Å². The van der Waals surface area contributed by atoms with Crippen LogP contribution in [0.15, 0.2) is 0 Å². The molecule has 0 spiro atoms. The first kappa shape index (κ1) is 57.4. The Morgan fingerprint density at radius 3 is 0.690 bits per heavy atom. The monoisotopic (exact) mass is 846 g/mol. The highest BCUT2D eigenvalue weighted by Crippen LogP contribution is 2.11. The maximum Gasteiger partial charge on any atom is 0.0701 e. The van der Waals surface area contributed by atoms with Crippen molar-refractivity contribution in [3.05, 3.63) is 0 Å². The first-order valence-corrected chi connectivity index (χ1v) is 22.3. The Morgan fingerprint density at radius 1 is 0.241 bits per heavy atom. The lowest BCUT2D eigenvalue weighted by Gasteiger charge is -2.22. The highest BCUT2D eigenvalue weighted by molar-refractivity contribution is 4.59. The van der Waals surface area contributed by atoms with Gasteiger partial charge in [-0.3, -0.25) is 4.90 Å². The van der Waals surface area contributed by atoms with Gasteiger partial charge in [-0.15, -0.1) is 0 Å². The van der Waals surface area contributed by atoms with Crippen molar-refractivity contribution in [2.45, 2.75) is 71.1 Å². The van der Waals surface area contributed by atoms with Gasteiger partial charge in [-0.1, -0.05) is 64.7 Å². The molecule has 350 valence electrons. The minimum atomic E-state index is 0.0248. The zero-order valence-electron chi connectivity index (χ0n) is 36.6. The van der Waals surface area contributed by atoms with Crippen LogP contribution < -0.4 is 0 Å². The van der Waals surface area contributed by atoms with Crippen LogP contribution in [-0.2, 0) is 61.6 Å².